The SMILES string of the molecule is CC(=O)Oc1ccc(C2COc3cc(OC(C)=O)cc(C)c3C2=O)cc1.CC(=O)Oc1ccc(C2COc3cc(OC(C)=O)cc(OC(C)=O)c3C2)cc1.Cc1cc(O)cc2c1C(=O)C(c1ccc(O)cc1)CO2.Cc1ccc(C2COc3cc(O)cc(O)c3C2)cc1.Oc1ccc(-c2c[o+]c3cc(O)cc(O)c3c2)cc1.[Cl-]. The number of phenolic OH excluding ortho intramolecular Hbond substituents is 7. The molecule has 0 fully saturated rings. The lowest BCUT2D eigenvalue weighted by Crippen LogP contribution is -3.00. The van der Waals surface area contributed by atoms with E-state index in [1.54, 1.807) is 135 Å². The monoisotopic (exact) mass is 1550 g/mol. The number of ketones is 2. The fourth-order valence-corrected chi connectivity index (χ4v) is 13.1. The third-order valence-corrected chi connectivity index (χ3v) is 18.3. The maximum absolute atomic E-state index is 13.0. The summed E-state index contributed by atoms with van der Waals surface area (Å²) >= 11 is 0. The number of halogens is 1. The Labute approximate surface area is 654 Å². The molecule has 0 radical (unpaired) electrons. The van der Waals surface area contributed by atoms with Crippen LogP contribution in [0.5, 0.6) is 92.0 Å². The van der Waals surface area contributed by atoms with E-state index in [0.29, 0.717) is 98.9 Å². The minimum atomic E-state index is -0.477. The first-order valence-electron chi connectivity index (χ1n) is 35.3. The molecule has 0 saturated heterocycles. The highest BCUT2D eigenvalue weighted by Gasteiger charge is 2.35. The van der Waals surface area contributed by atoms with Crippen LogP contribution in [0, 0.1) is 20.8 Å². The third kappa shape index (κ3) is 20.8. The van der Waals surface area contributed by atoms with Gasteiger partial charge >= 0.3 is 41.7 Å². The van der Waals surface area contributed by atoms with Crippen molar-refractivity contribution in [1.82, 2.24) is 0 Å². The Morgan fingerprint density at radius 1 is 0.372 bits per heavy atom. The molecule has 4 aliphatic rings. The van der Waals surface area contributed by atoms with E-state index in [1.165, 1.54) is 82.3 Å². The van der Waals surface area contributed by atoms with Gasteiger partial charge < -0.3 is 90.8 Å². The maximum Gasteiger partial charge on any atom is 0.367 e. The molecule has 10 aromatic carbocycles. The Bertz CT molecular complexity index is 5370. The number of esters is 5. The summed E-state index contributed by atoms with van der Waals surface area (Å²) in [6.07, 6.45) is 2.84. The van der Waals surface area contributed by atoms with E-state index in [4.69, 9.17) is 47.0 Å². The molecule has 7 N–H and O–H groups in total. The molecular weight excluding hydrogens is 1480 g/mol. The summed E-state index contributed by atoms with van der Waals surface area (Å²) in [5.74, 6) is 1.44. The molecule has 4 aliphatic heterocycles. The summed E-state index contributed by atoms with van der Waals surface area (Å²) in [6.45, 7) is 13.6. The predicted octanol–water partition coefficient (Wildman–Crippen LogP) is 12.8. The summed E-state index contributed by atoms with van der Waals surface area (Å²) in [4.78, 5) is 81.5. The normalized spacial score (nSPS) is 15.2. The van der Waals surface area contributed by atoms with Gasteiger partial charge in [0, 0.05) is 100 Å². The fourth-order valence-electron chi connectivity index (χ4n) is 13.1. The average Bonchev–Trinajstić information content (AvgIpc) is 0.786. The molecule has 11 aromatic rings. The van der Waals surface area contributed by atoms with Crippen molar-refractivity contribution in [2.24, 2.45) is 0 Å². The van der Waals surface area contributed by atoms with E-state index in [1.807, 2.05) is 12.1 Å². The largest absolute Gasteiger partial charge is 1.00 e. The molecule has 582 valence electrons. The molecule has 113 heavy (non-hydrogen) atoms. The van der Waals surface area contributed by atoms with Gasteiger partial charge in [0.05, 0.1) is 47.8 Å². The van der Waals surface area contributed by atoms with Crippen LogP contribution in [0.4, 0.5) is 0 Å². The second kappa shape index (κ2) is 36.3. The van der Waals surface area contributed by atoms with Crippen molar-refractivity contribution in [2.45, 2.75) is 91.9 Å². The molecule has 1 aromatic heterocycles. The summed E-state index contributed by atoms with van der Waals surface area (Å²) in [7, 11) is 0. The molecule has 0 saturated carbocycles. The number of aryl methyl sites for hydroxylation is 3. The van der Waals surface area contributed by atoms with Crippen LogP contribution < -0.4 is 55.0 Å². The number of benzene rings is 10. The number of phenols is 7. The first-order chi connectivity index (χ1) is 53.5. The summed E-state index contributed by atoms with van der Waals surface area (Å²) in [6, 6.07) is 52.3. The molecule has 0 spiro atoms. The Balaban J connectivity index is 0.000000151. The van der Waals surface area contributed by atoms with Crippen molar-refractivity contribution in [3.05, 3.63) is 256 Å². The lowest BCUT2D eigenvalue weighted by Gasteiger charge is -2.27. The number of Topliss-reactive ketones (excluding diaryl/α,β-unsaturated/α-hetero) is 2. The number of hydrogen-bond acceptors (Lipinski definition) is 23. The molecule has 4 unspecified atom stereocenters. The van der Waals surface area contributed by atoms with Crippen molar-refractivity contribution in [3.8, 4) is 103 Å². The van der Waals surface area contributed by atoms with Gasteiger partial charge in [-0.3, -0.25) is 33.6 Å². The van der Waals surface area contributed by atoms with Gasteiger partial charge in [-0.25, -0.2) is 4.42 Å². The van der Waals surface area contributed by atoms with E-state index in [9.17, 15) is 69.3 Å². The topological polar surface area (TPSA) is 355 Å². The number of hydrogen-bond donors (Lipinski definition) is 7. The van der Waals surface area contributed by atoms with Crippen LogP contribution in [-0.2, 0) is 36.8 Å². The van der Waals surface area contributed by atoms with Crippen LogP contribution in [0.25, 0.3) is 22.1 Å². The number of ether oxygens (including phenoxy) is 9. The molecule has 24 nitrogen and oxygen atoms in total. The Kier molecular flexibility index (Phi) is 26.3. The van der Waals surface area contributed by atoms with Gasteiger partial charge in [0.2, 0.25) is 0 Å². The highest BCUT2D eigenvalue weighted by atomic mass is 35.5. The first kappa shape index (κ1) is 81.9. The second-order valence-corrected chi connectivity index (χ2v) is 26.8. The average molecular weight is 1560 g/mol. The smallest absolute Gasteiger partial charge is 0.367 e. The number of rotatable bonds is 10. The quantitative estimate of drug-likeness (QED) is 0.0380. The van der Waals surface area contributed by atoms with Crippen molar-refractivity contribution in [2.75, 3.05) is 26.4 Å². The van der Waals surface area contributed by atoms with Crippen LogP contribution in [0.2, 0.25) is 0 Å². The van der Waals surface area contributed by atoms with Gasteiger partial charge in [0.1, 0.15) is 111 Å². The van der Waals surface area contributed by atoms with E-state index < -0.39 is 29.8 Å². The molecule has 0 bridgehead atoms. The van der Waals surface area contributed by atoms with Gasteiger partial charge in [0.25, 0.3) is 0 Å². The number of fused-ring (bicyclic) bond motifs is 5. The molecular formula is C88H79ClO24. The molecule has 15 rings (SSSR count). The van der Waals surface area contributed by atoms with Crippen LogP contribution in [-0.4, -0.2) is 104 Å². The number of carbonyl (C=O) groups excluding carboxylic acids is 7. The van der Waals surface area contributed by atoms with Crippen molar-refractivity contribution in [3.63, 3.8) is 0 Å². The molecule has 0 aliphatic carbocycles. The van der Waals surface area contributed by atoms with Gasteiger partial charge in [-0.05, 0) is 139 Å². The molecule has 0 amide bonds. The van der Waals surface area contributed by atoms with Crippen molar-refractivity contribution < 1.29 is 129 Å². The van der Waals surface area contributed by atoms with Crippen LogP contribution in [0.1, 0.15) is 129 Å². The minimum Gasteiger partial charge on any atom is -1.00 e. The van der Waals surface area contributed by atoms with E-state index in [0.717, 1.165) is 45.4 Å². The molecule has 5 heterocycles. The highest BCUT2D eigenvalue weighted by molar-refractivity contribution is 6.06. The van der Waals surface area contributed by atoms with E-state index in [2.05, 4.69) is 31.2 Å². The Morgan fingerprint density at radius 3 is 1.30 bits per heavy atom. The van der Waals surface area contributed by atoms with Crippen LogP contribution in [0.3, 0.4) is 0 Å². The van der Waals surface area contributed by atoms with E-state index >= 15 is 0 Å². The fraction of sp³-hybridized carbons (Fsp3) is 0.205. The lowest BCUT2D eigenvalue weighted by atomic mass is 9.87. The van der Waals surface area contributed by atoms with Gasteiger partial charge in [-0.2, -0.15) is 0 Å². The van der Waals surface area contributed by atoms with Gasteiger partial charge in [-0.15, -0.1) is 0 Å². The molecule has 4 atom stereocenters. The number of aromatic hydroxyl groups is 7. The standard InChI is InChI=1S/C21H20O7.C20H18O6.C16H14O4.C16H16O3.C15H10O4.ClH/c1-12(22)26-17-6-4-15(5-7-17)16-8-19-20(25-11-16)9-18(27-13(2)23)10-21(19)28-14(3)24;1-11-8-16(26-13(3)22)9-18-19(11)20(23)17(10-24-18)14-4-6-15(7-5-14)25-12(2)21;1-9-6-12(18)7-14-15(9)16(19)13(8-20-14)10-2-4-11(17)5-3-10;1-10-2-4-11(5-3-10)12-6-14-15(18)7-13(17)8-16(14)19-9-12;16-11-3-1-9(2-4-11)10-5-13-14(18)6-12(17)7-15(13)19-8-10;/h4-7,9-10,16H,8,11H2,1-3H3;4-9,17H,10H2,1-3H3;2-7,13,17-18H,8H2,1H3;2-5,7-8,12,17-18H,6,9H2,1H3;1-8H,(H2-,16,17,18);1H. The van der Waals surface area contributed by atoms with Crippen LogP contribution >= 0.6 is 0 Å². The second-order valence-electron chi connectivity index (χ2n) is 26.8. The third-order valence-electron chi connectivity index (χ3n) is 18.3. The maximum atomic E-state index is 13.0. The lowest BCUT2D eigenvalue weighted by molar-refractivity contribution is -0.133. The van der Waals surface area contributed by atoms with Crippen molar-refractivity contribution >= 4 is 52.4 Å². The zero-order chi connectivity index (χ0) is 80.2. The Hall–Kier alpha value is -13.6. The predicted molar refractivity (Wildman–Crippen MR) is 409 cm³/mol. The zero-order valence-corrected chi connectivity index (χ0v) is 63.2. The number of carbonyl (C=O) groups is 7. The highest BCUT2D eigenvalue weighted by Crippen LogP contribution is 2.45. The first-order valence-corrected chi connectivity index (χ1v) is 35.3. The van der Waals surface area contributed by atoms with Gasteiger partial charge in [-0.1, -0.05) is 78.4 Å². The van der Waals surface area contributed by atoms with E-state index in [-0.39, 0.29) is 107 Å². The summed E-state index contributed by atoms with van der Waals surface area (Å²) in [5, 5.41) is 67.2. The minimum absolute atomic E-state index is 0. The van der Waals surface area contributed by atoms with Crippen LogP contribution in [0.15, 0.2) is 199 Å². The summed E-state index contributed by atoms with van der Waals surface area (Å²) in [5.41, 5.74) is 11.0. The van der Waals surface area contributed by atoms with Crippen molar-refractivity contribution in [1.29, 1.82) is 0 Å². The summed E-state index contributed by atoms with van der Waals surface area (Å²) < 4.78 is 53.9. The Morgan fingerprint density at radius 2 is 0.770 bits per heavy atom. The molecule has 25 heteroatoms. The van der Waals surface area contributed by atoms with Gasteiger partial charge in [0.15, 0.2) is 11.6 Å². The zero-order valence-electron chi connectivity index (χ0n) is 62.5.